The van der Waals surface area contributed by atoms with Gasteiger partial charge in [0.25, 0.3) is 0 Å². The van der Waals surface area contributed by atoms with E-state index < -0.39 is 0 Å². The van der Waals surface area contributed by atoms with E-state index in [4.69, 9.17) is 0 Å². The number of imide groups is 1. The predicted octanol–water partition coefficient (Wildman–Crippen LogP) is 9.71. The van der Waals surface area contributed by atoms with Crippen LogP contribution < -0.4 is 0 Å². The predicted molar refractivity (Wildman–Crippen MR) is 161 cm³/mol. The fourth-order valence-electron chi connectivity index (χ4n) is 5.19. The van der Waals surface area contributed by atoms with E-state index in [0.717, 1.165) is 31.4 Å². The van der Waals surface area contributed by atoms with Crippen LogP contribution in [0.1, 0.15) is 174 Å². The molecule has 0 aliphatic heterocycles. The molecule has 5 nitrogen and oxygen atoms in total. The summed E-state index contributed by atoms with van der Waals surface area (Å²) < 4.78 is 0. The molecule has 38 heavy (non-hydrogen) atoms. The Morgan fingerprint density at radius 1 is 0.605 bits per heavy atom. The van der Waals surface area contributed by atoms with Crippen molar-refractivity contribution in [3.8, 4) is 0 Å². The molecule has 1 aromatic rings. The van der Waals surface area contributed by atoms with Crippen molar-refractivity contribution in [2.75, 3.05) is 6.54 Å². The molecule has 0 fully saturated rings. The Hall–Kier alpha value is -1.65. The van der Waals surface area contributed by atoms with Crippen LogP contribution in [0.4, 0.5) is 0 Å². The molecular weight excluding hydrogens is 470 g/mol. The fourth-order valence-corrected chi connectivity index (χ4v) is 5.19. The molecule has 0 aromatic carbocycles. The Morgan fingerprint density at radius 2 is 0.974 bits per heavy atom. The van der Waals surface area contributed by atoms with E-state index >= 15 is 0 Å². The first-order valence-electron chi connectivity index (χ1n) is 16.5. The Balaban J connectivity index is 2.21. The van der Waals surface area contributed by atoms with Crippen LogP contribution in [0.3, 0.4) is 0 Å². The zero-order chi connectivity index (χ0) is 27.5. The van der Waals surface area contributed by atoms with Crippen molar-refractivity contribution in [3.05, 3.63) is 18.2 Å². The molecule has 0 saturated carbocycles. The molecule has 0 bridgehead atoms. The highest BCUT2D eigenvalue weighted by Crippen LogP contribution is 2.15. The van der Waals surface area contributed by atoms with Gasteiger partial charge in [0.05, 0.1) is 6.33 Å². The summed E-state index contributed by atoms with van der Waals surface area (Å²) >= 11 is 0. The number of carbonyl (C=O) groups is 2. The monoisotopic (exact) mass is 531 g/mol. The number of aromatic amines is 1. The Kier molecular flexibility index (Phi) is 23.2. The summed E-state index contributed by atoms with van der Waals surface area (Å²) in [5.74, 6) is 0.0158. The summed E-state index contributed by atoms with van der Waals surface area (Å²) in [7, 11) is 0. The van der Waals surface area contributed by atoms with Crippen LogP contribution in [0.2, 0.25) is 0 Å². The van der Waals surface area contributed by atoms with Gasteiger partial charge in [-0.1, -0.05) is 142 Å². The minimum absolute atomic E-state index is 0.00788. The van der Waals surface area contributed by atoms with Gasteiger partial charge in [-0.3, -0.25) is 14.5 Å². The third kappa shape index (κ3) is 19.4. The minimum atomic E-state index is 0.00788. The minimum Gasteiger partial charge on any atom is -0.348 e. The summed E-state index contributed by atoms with van der Waals surface area (Å²) in [6, 6.07) is 0. The summed E-state index contributed by atoms with van der Waals surface area (Å²) in [4.78, 5) is 34.7. The Labute approximate surface area is 235 Å². The van der Waals surface area contributed by atoms with Crippen LogP contribution in [-0.2, 0) is 16.0 Å². The first-order valence-corrected chi connectivity index (χ1v) is 16.5. The molecule has 1 N–H and O–H groups in total. The average molecular weight is 532 g/mol. The Morgan fingerprint density at radius 3 is 1.32 bits per heavy atom. The molecule has 0 radical (unpaired) electrons. The number of hydrogen-bond donors (Lipinski definition) is 1. The van der Waals surface area contributed by atoms with Crippen molar-refractivity contribution >= 4 is 11.8 Å². The van der Waals surface area contributed by atoms with Gasteiger partial charge in [0, 0.05) is 37.7 Å². The molecule has 2 amide bonds. The van der Waals surface area contributed by atoms with Gasteiger partial charge in [0.15, 0.2) is 0 Å². The number of imidazole rings is 1. The van der Waals surface area contributed by atoms with E-state index in [9.17, 15) is 9.59 Å². The molecule has 1 rings (SSSR count). The second kappa shape index (κ2) is 25.6. The number of rotatable bonds is 27. The highest BCUT2D eigenvalue weighted by Gasteiger charge is 2.20. The van der Waals surface area contributed by atoms with Crippen LogP contribution in [0.5, 0.6) is 0 Å². The number of unbranched alkanes of at least 4 members (excludes halogenated alkanes) is 20. The van der Waals surface area contributed by atoms with Crippen LogP contribution in [0.25, 0.3) is 0 Å². The maximum absolute atomic E-state index is 13.0. The molecule has 0 atom stereocenters. The zero-order valence-electron chi connectivity index (χ0n) is 25.3. The summed E-state index contributed by atoms with van der Waals surface area (Å²) in [5.41, 5.74) is 0.972. The second-order valence-electron chi connectivity index (χ2n) is 11.3. The highest BCUT2D eigenvalue weighted by atomic mass is 16.2. The molecule has 0 spiro atoms. The number of hydrogen-bond acceptors (Lipinski definition) is 3. The first kappa shape index (κ1) is 34.4. The normalized spacial score (nSPS) is 11.2. The fraction of sp³-hybridized carbons (Fsp3) is 0.848. The van der Waals surface area contributed by atoms with Crippen LogP contribution >= 0.6 is 0 Å². The lowest BCUT2D eigenvalue weighted by atomic mass is 10.0. The van der Waals surface area contributed by atoms with E-state index in [-0.39, 0.29) is 11.8 Å². The van der Waals surface area contributed by atoms with E-state index in [1.807, 2.05) is 0 Å². The zero-order valence-corrected chi connectivity index (χ0v) is 25.3. The van der Waals surface area contributed by atoms with Gasteiger partial charge in [-0.25, -0.2) is 4.98 Å². The van der Waals surface area contributed by atoms with Gasteiger partial charge in [-0.15, -0.1) is 0 Å². The van der Waals surface area contributed by atoms with E-state index in [0.29, 0.717) is 25.8 Å². The van der Waals surface area contributed by atoms with Crippen molar-refractivity contribution in [2.45, 2.75) is 174 Å². The van der Waals surface area contributed by atoms with E-state index in [2.05, 4.69) is 23.8 Å². The largest absolute Gasteiger partial charge is 0.348 e. The lowest BCUT2D eigenvalue weighted by Crippen LogP contribution is -2.38. The molecule has 0 aliphatic rings. The summed E-state index contributed by atoms with van der Waals surface area (Å²) in [6.07, 6.45) is 32.9. The lowest BCUT2D eigenvalue weighted by molar-refractivity contribution is -0.145. The van der Waals surface area contributed by atoms with E-state index in [1.54, 1.807) is 12.5 Å². The third-order valence-corrected chi connectivity index (χ3v) is 7.75. The SMILES string of the molecule is CCCCCCCCCCCCCC(=O)N(CCc1cnc[nH]1)C(=O)CCCCCCCCCCCCC. The van der Waals surface area contributed by atoms with Crippen LogP contribution in [0.15, 0.2) is 12.5 Å². The highest BCUT2D eigenvalue weighted by molar-refractivity contribution is 5.95. The maximum atomic E-state index is 13.0. The number of nitrogens with zero attached hydrogens (tertiary/aromatic N) is 2. The molecule has 0 unspecified atom stereocenters. The Bertz CT molecular complexity index is 621. The number of amides is 2. The van der Waals surface area contributed by atoms with Crippen LogP contribution in [0, 0.1) is 0 Å². The first-order chi connectivity index (χ1) is 18.7. The molecule has 0 saturated heterocycles. The average Bonchev–Trinajstić information content (AvgIpc) is 3.44. The quantitative estimate of drug-likeness (QED) is 0.115. The number of aromatic nitrogens is 2. The van der Waals surface area contributed by atoms with Crippen molar-refractivity contribution < 1.29 is 9.59 Å². The summed E-state index contributed by atoms with van der Waals surface area (Å²) in [5, 5.41) is 0. The topological polar surface area (TPSA) is 66.1 Å². The summed E-state index contributed by atoms with van der Waals surface area (Å²) in [6.45, 7) is 4.98. The molecule has 1 heterocycles. The maximum Gasteiger partial charge on any atom is 0.229 e. The van der Waals surface area contributed by atoms with Crippen molar-refractivity contribution in [2.24, 2.45) is 0 Å². The van der Waals surface area contributed by atoms with Gasteiger partial charge < -0.3 is 4.98 Å². The van der Waals surface area contributed by atoms with Crippen molar-refractivity contribution in [3.63, 3.8) is 0 Å². The van der Waals surface area contributed by atoms with Crippen LogP contribution in [-0.4, -0.2) is 33.2 Å². The van der Waals surface area contributed by atoms with Gasteiger partial charge in [-0.05, 0) is 12.8 Å². The van der Waals surface area contributed by atoms with Gasteiger partial charge in [0.1, 0.15) is 0 Å². The molecule has 1 aromatic heterocycles. The number of nitrogens with one attached hydrogen (secondary N) is 1. The van der Waals surface area contributed by atoms with Crippen molar-refractivity contribution in [1.29, 1.82) is 0 Å². The molecule has 5 heteroatoms. The second-order valence-corrected chi connectivity index (χ2v) is 11.3. The third-order valence-electron chi connectivity index (χ3n) is 7.75. The van der Waals surface area contributed by atoms with Crippen molar-refractivity contribution in [1.82, 2.24) is 14.9 Å². The lowest BCUT2D eigenvalue weighted by Gasteiger charge is -2.21. The molecule has 0 aliphatic carbocycles. The number of carbonyl (C=O) groups excluding carboxylic acids is 2. The number of H-pyrrole nitrogens is 1. The van der Waals surface area contributed by atoms with E-state index in [1.165, 1.54) is 120 Å². The standard InChI is InChI=1S/C33H61N3O2/c1-3-5-7-9-11-13-15-17-19-21-23-25-32(37)36(28-27-31-29-34-30-35-31)33(38)26-24-22-20-18-16-14-12-10-8-6-4-2/h29-30H,3-28H2,1-2H3,(H,34,35). The van der Waals surface area contributed by atoms with Gasteiger partial charge >= 0.3 is 0 Å². The molecular formula is C33H61N3O2. The smallest absolute Gasteiger partial charge is 0.229 e. The molecule has 220 valence electrons. The van der Waals surface area contributed by atoms with Gasteiger partial charge in [0.2, 0.25) is 11.8 Å². The van der Waals surface area contributed by atoms with Gasteiger partial charge in [-0.2, -0.15) is 0 Å².